The van der Waals surface area contributed by atoms with E-state index >= 15 is 0 Å². The smallest absolute Gasteiger partial charge is 0.345 e. The zero-order valence-corrected chi connectivity index (χ0v) is 21.8. The zero-order valence-electron chi connectivity index (χ0n) is 21.0. The van der Waals surface area contributed by atoms with E-state index in [1.165, 1.54) is 23.3 Å². The van der Waals surface area contributed by atoms with Crippen molar-refractivity contribution in [2.45, 2.75) is 49.3 Å². The number of nitrogens with zero attached hydrogens (tertiary/aromatic N) is 2. The first-order valence-electron chi connectivity index (χ1n) is 12.5. The minimum atomic E-state index is -4.33. The molecular formula is C30H29F3N2O2S. The molecule has 0 spiro atoms. The van der Waals surface area contributed by atoms with Gasteiger partial charge in [-0.15, -0.1) is 11.8 Å². The fourth-order valence-electron chi connectivity index (χ4n) is 4.52. The standard InChI is InChI=1S/C30H29F3N2O2S/c1-22-2-4-23(5-3-22)14-15-29(20-35-17-16-34-21-35)36-18-27(37-29)19-38-28-12-8-25(9-13-28)24-6-10-26(11-7-24)30(31,32)33/h2-13,16-17,21,27H,14-15,18-20H2,1H3. The molecule has 2 heterocycles. The average molecular weight is 539 g/mol. The van der Waals surface area contributed by atoms with Crippen LogP contribution in [0.4, 0.5) is 13.2 Å². The van der Waals surface area contributed by atoms with Crippen molar-refractivity contribution in [3.05, 3.63) is 108 Å². The fourth-order valence-corrected chi connectivity index (χ4v) is 5.40. The number of ether oxygens (including phenoxy) is 2. The summed E-state index contributed by atoms with van der Waals surface area (Å²) in [4.78, 5) is 5.23. The summed E-state index contributed by atoms with van der Waals surface area (Å²) in [5.41, 5.74) is 3.47. The van der Waals surface area contributed by atoms with Gasteiger partial charge in [-0.1, -0.05) is 54.1 Å². The number of rotatable bonds is 9. The Morgan fingerprint density at radius 1 is 0.974 bits per heavy atom. The van der Waals surface area contributed by atoms with Gasteiger partial charge < -0.3 is 14.0 Å². The van der Waals surface area contributed by atoms with Crippen molar-refractivity contribution in [3.63, 3.8) is 0 Å². The third kappa shape index (κ3) is 6.67. The van der Waals surface area contributed by atoms with Gasteiger partial charge in [0.1, 0.15) is 0 Å². The third-order valence-corrected chi connectivity index (χ3v) is 7.79. The monoisotopic (exact) mass is 538 g/mol. The number of benzene rings is 3. The Balaban J connectivity index is 1.19. The van der Waals surface area contributed by atoms with Crippen molar-refractivity contribution in [1.29, 1.82) is 0 Å². The second-order valence-electron chi connectivity index (χ2n) is 9.59. The molecule has 0 N–H and O–H groups in total. The highest BCUT2D eigenvalue weighted by Gasteiger charge is 2.41. The molecule has 2 unspecified atom stereocenters. The number of thioether (sulfide) groups is 1. The number of hydrogen-bond donors (Lipinski definition) is 0. The van der Waals surface area contributed by atoms with Crippen LogP contribution in [-0.4, -0.2) is 33.8 Å². The Hall–Kier alpha value is -3.07. The Bertz CT molecular complexity index is 1310. The van der Waals surface area contributed by atoms with Crippen LogP contribution >= 0.6 is 11.8 Å². The summed E-state index contributed by atoms with van der Waals surface area (Å²) in [5.74, 6) is 0.0130. The first kappa shape index (κ1) is 26.5. The molecule has 1 fully saturated rings. The number of aryl methyl sites for hydroxylation is 2. The van der Waals surface area contributed by atoms with Crippen LogP contribution in [0.1, 0.15) is 23.1 Å². The van der Waals surface area contributed by atoms with Gasteiger partial charge in [-0.05, 0) is 54.3 Å². The van der Waals surface area contributed by atoms with E-state index in [1.807, 2.05) is 35.0 Å². The lowest BCUT2D eigenvalue weighted by atomic mass is 10.0. The lowest BCUT2D eigenvalue weighted by Gasteiger charge is -2.28. The zero-order chi connectivity index (χ0) is 26.6. The number of halogens is 3. The van der Waals surface area contributed by atoms with Gasteiger partial charge in [0.2, 0.25) is 0 Å². The number of alkyl halides is 3. The first-order chi connectivity index (χ1) is 18.3. The van der Waals surface area contributed by atoms with Crippen LogP contribution in [0.5, 0.6) is 0 Å². The van der Waals surface area contributed by atoms with Crippen molar-refractivity contribution in [2.75, 3.05) is 12.4 Å². The molecule has 0 aliphatic carbocycles. The summed E-state index contributed by atoms with van der Waals surface area (Å²) in [5, 5.41) is 0. The van der Waals surface area contributed by atoms with E-state index < -0.39 is 17.5 Å². The first-order valence-corrected chi connectivity index (χ1v) is 13.5. The number of imidazole rings is 1. The molecule has 0 saturated carbocycles. The maximum atomic E-state index is 12.8. The molecule has 5 rings (SSSR count). The van der Waals surface area contributed by atoms with Crippen LogP contribution < -0.4 is 0 Å². The molecule has 3 aromatic carbocycles. The molecule has 1 saturated heterocycles. The van der Waals surface area contributed by atoms with Crippen LogP contribution in [0.25, 0.3) is 11.1 Å². The molecule has 1 aliphatic rings. The van der Waals surface area contributed by atoms with Crippen molar-refractivity contribution in [2.24, 2.45) is 0 Å². The molecule has 198 valence electrons. The number of aromatic nitrogens is 2. The maximum Gasteiger partial charge on any atom is 0.416 e. The van der Waals surface area contributed by atoms with E-state index in [2.05, 4.69) is 36.2 Å². The van der Waals surface area contributed by atoms with Gasteiger partial charge in [-0.3, -0.25) is 0 Å². The summed E-state index contributed by atoms with van der Waals surface area (Å²) in [6.45, 7) is 3.17. The summed E-state index contributed by atoms with van der Waals surface area (Å²) >= 11 is 1.68. The van der Waals surface area contributed by atoms with E-state index in [0.717, 1.165) is 46.7 Å². The lowest BCUT2D eigenvalue weighted by Crippen LogP contribution is -2.37. The maximum absolute atomic E-state index is 12.8. The van der Waals surface area contributed by atoms with Crippen LogP contribution in [0.2, 0.25) is 0 Å². The Labute approximate surface area is 224 Å². The second-order valence-corrected chi connectivity index (χ2v) is 10.7. The molecule has 8 heteroatoms. The van der Waals surface area contributed by atoms with Crippen LogP contribution in [0, 0.1) is 6.92 Å². The summed E-state index contributed by atoms with van der Waals surface area (Å²) < 4.78 is 53.3. The minimum Gasteiger partial charge on any atom is -0.345 e. The summed E-state index contributed by atoms with van der Waals surface area (Å²) in [6, 6.07) is 21.6. The number of hydrogen-bond acceptors (Lipinski definition) is 4. The van der Waals surface area contributed by atoms with Gasteiger partial charge in [-0.2, -0.15) is 13.2 Å². The predicted molar refractivity (Wildman–Crippen MR) is 143 cm³/mol. The van der Waals surface area contributed by atoms with Gasteiger partial charge in [0.25, 0.3) is 0 Å². The summed E-state index contributed by atoms with van der Waals surface area (Å²) in [7, 11) is 0. The average Bonchev–Trinajstić information content (AvgIpc) is 3.58. The highest BCUT2D eigenvalue weighted by molar-refractivity contribution is 7.99. The van der Waals surface area contributed by atoms with Gasteiger partial charge in [-0.25, -0.2) is 4.98 Å². The Morgan fingerprint density at radius 3 is 2.29 bits per heavy atom. The fraction of sp³-hybridized carbons (Fsp3) is 0.300. The minimum absolute atomic E-state index is 0.0591. The molecule has 4 nitrogen and oxygen atoms in total. The molecule has 0 radical (unpaired) electrons. The molecule has 0 bridgehead atoms. The van der Waals surface area contributed by atoms with Crippen LogP contribution in [0.3, 0.4) is 0 Å². The highest BCUT2D eigenvalue weighted by atomic mass is 32.2. The molecule has 38 heavy (non-hydrogen) atoms. The van der Waals surface area contributed by atoms with E-state index in [4.69, 9.17) is 9.47 Å². The van der Waals surface area contributed by atoms with Gasteiger partial charge in [0.15, 0.2) is 5.79 Å². The van der Waals surface area contributed by atoms with E-state index in [1.54, 1.807) is 24.3 Å². The van der Waals surface area contributed by atoms with E-state index in [-0.39, 0.29) is 6.10 Å². The normalized spacial score (nSPS) is 19.6. The van der Waals surface area contributed by atoms with E-state index in [9.17, 15) is 13.2 Å². The molecule has 0 amide bonds. The Kier molecular flexibility index (Phi) is 7.93. The molecular weight excluding hydrogens is 509 g/mol. The topological polar surface area (TPSA) is 36.3 Å². The molecule has 4 aromatic rings. The van der Waals surface area contributed by atoms with Crippen LogP contribution in [0.15, 0.2) is 96.4 Å². The van der Waals surface area contributed by atoms with Gasteiger partial charge in [0.05, 0.1) is 31.1 Å². The molecule has 2 atom stereocenters. The van der Waals surface area contributed by atoms with Crippen molar-refractivity contribution < 1.29 is 22.6 Å². The molecule has 1 aromatic heterocycles. The quantitative estimate of drug-likeness (QED) is 0.208. The van der Waals surface area contributed by atoms with Crippen molar-refractivity contribution in [3.8, 4) is 11.1 Å². The largest absolute Gasteiger partial charge is 0.416 e. The Morgan fingerprint density at radius 2 is 1.66 bits per heavy atom. The van der Waals surface area contributed by atoms with Crippen molar-refractivity contribution in [1.82, 2.24) is 9.55 Å². The SMILES string of the molecule is Cc1ccc(CCC2(Cn3ccnc3)OCC(CSc3ccc(-c4ccc(C(F)(F)F)cc4)cc3)O2)cc1. The van der Waals surface area contributed by atoms with Crippen molar-refractivity contribution >= 4 is 11.8 Å². The third-order valence-electron chi connectivity index (χ3n) is 6.65. The van der Waals surface area contributed by atoms with Gasteiger partial charge >= 0.3 is 6.18 Å². The van der Waals surface area contributed by atoms with Crippen LogP contribution in [-0.2, 0) is 28.6 Å². The predicted octanol–water partition coefficient (Wildman–Crippen LogP) is 7.41. The van der Waals surface area contributed by atoms with Gasteiger partial charge in [0, 0.05) is 29.5 Å². The second kappa shape index (κ2) is 11.4. The molecule has 1 aliphatic heterocycles. The highest BCUT2D eigenvalue weighted by Crippen LogP contribution is 2.34. The van der Waals surface area contributed by atoms with E-state index in [0.29, 0.717) is 13.2 Å². The lowest BCUT2D eigenvalue weighted by molar-refractivity contribution is -0.180. The summed E-state index contributed by atoms with van der Waals surface area (Å²) in [6.07, 6.45) is 2.64.